The predicted octanol–water partition coefficient (Wildman–Crippen LogP) is 3.90. The van der Waals surface area contributed by atoms with E-state index in [1.54, 1.807) is 19.1 Å². The van der Waals surface area contributed by atoms with E-state index < -0.39 is 39.6 Å². The summed E-state index contributed by atoms with van der Waals surface area (Å²) in [5, 5.41) is 8.22. The third-order valence-corrected chi connectivity index (χ3v) is 10.1. The Morgan fingerprint density at radius 1 is 0.880 bits per heavy atom. The Kier molecular flexibility index (Phi) is 12.1. The minimum atomic E-state index is -4.06. The Bertz CT molecular complexity index is 1820. The van der Waals surface area contributed by atoms with Crippen LogP contribution in [0.2, 0.25) is 0 Å². The molecule has 0 aliphatic carbocycles. The number of amides is 3. The van der Waals surface area contributed by atoms with E-state index in [4.69, 9.17) is 18.9 Å². The highest BCUT2D eigenvalue weighted by Gasteiger charge is 2.27. The summed E-state index contributed by atoms with van der Waals surface area (Å²) in [6, 6.07) is 12.3. The van der Waals surface area contributed by atoms with Crippen LogP contribution >= 0.6 is 0 Å². The molecule has 0 saturated heterocycles. The molecule has 50 heavy (non-hydrogen) atoms. The van der Waals surface area contributed by atoms with Gasteiger partial charge >= 0.3 is 0 Å². The summed E-state index contributed by atoms with van der Waals surface area (Å²) in [4.78, 5) is 38.9. The molecule has 3 aliphatic rings. The van der Waals surface area contributed by atoms with Gasteiger partial charge in [0.25, 0.3) is 5.91 Å². The van der Waals surface area contributed by atoms with Crippen LogP contribution in [0.4, 0.5) is 4.39 Å². The number of carbonyl (C=O) groups excluding carboxylic acids is 3. The van der Waals surface area contributed by atoms with Crippen LogP contribution in [-0.4, -0.2) is 76.4 Å². The standard InChI is InChI=1S/C35H41FN4O9S/c1-3-27-35(43)38-22-23-8-11-28(26(36)19-23)49-32-20-24(9-12-29(32)46-2)34(42)37-14-5-16-40(15-4-7-33(41)39-27)50(44,45)25-10-13-30-31(21-25)48-18-6-17-47-30/h8-13,19-21,27H,3-7,14-18,22H2,1-2H3,(H,37,42)(H,38,43)(H,39,41)/t27-/m0/s1. The van der Waals surface area contributed by atoms with Crippen LogP contribution in [0, 0.1) is 5.82 Å². The van der Waals surface area contributed by atoms with E-state index in [0.717, 1.165) is 0 Å². The van der Waals surface area contributed by atoms with Crippen molar-refractivity contribution in [2.45, 2.75) is 56.5 Å². The van der Waals surface area contributed by atoms with Gasteiger partial charge in [-0.1, -0.05) is 13.0 Å². The molecule has 268 valence electrons. The smallest absolute Gasteiger partial charge is 0.251 e. The lowest BCUT2D eigenvalue weighted by molar-refractivity contribution is -0.129. The minimum absolute atomic E-state index is 0.00168. The second kappa shape index (κ2) is 16.7. The summed E-state index contributed by atoms with van der Waals surface area (Å²) in [5.74, 6) is -0.982. The molecule has 3 N–H and O–H groups in total. The molecule has 1 atom stereocenters. The van der Waals surface area contributed by atoms with Gasteiger partial charge < -0.3 is 34.9 Å². The molecular weight excluding hydrogens is 671 g/mol. The summed E-state index contributed by atoms with van der Waals surface area (Å²) in [7, 11) is -2.64. The molecule has 0 radical (unpaired) electrons. The molecule has 15 heteroatoms. The number of halogens is 1. The average Bonchev–Trinajstić information content (AvgIpc) is 3.36. The zero-order valence-corrected chi connectivity index (χ0v) is 28.8. The molecule has 3 heterocycles. The van der Waals surface area contributed by atoms with Crippen molar-refractivity contribution in [2.24, 2.45) is 0 Å². The molecule has 4 bridgehead atoms. The number of ether oxygens (including phenoxy) is 4. The highest BCUT2D eigenvalue weighted by Crippen LogP contribution is 2.35. The van der Waals surface area contributed by atoms with E-state index in [-0.39, 0.29) is 73.1 Å². The number of rotatable bonds is 4. The van der Waals surface area contributed by atoms with Gasteiger partial charge in [0, 0.05) is 50.7 Å². The number of sulfonamides is 1. The van der Waals surface area contributed by atoms with Crippen LogP contribution < -0.4 is 34.9 Å². The van der Waals surface area contributed by atoms with Gasteiger partial charge in [-0.3, -0.25) is 14.4 Å². The van der Waals surface area contributed by atoms with E-state index in [1.807, 2.05) is 0 Å². The highest BCUT2D eigenvalue weighted by atomic mass is 32.2. The van der Waals surface area contributed by atoms with Crippen molar-refractivity contribution in [1.29, 1.82) is 0 Å². The Morgan fingerprint density at radius 3 is 2.40 bits per heavy atom. The number of benzene rings is 3. The van der Waals surface area contributed by atoms with Gasteiger partial charge in [0.2, 0.25) is 21.8 Å². The normalized spacial score (nSPS) is 18.5. The first-order valence-electron chi connectivity index (χ1n) is 16.5. The second-order valence-electron chi connectivity index (χ2n) is 11.8. The van der Waals surface area contributed by atoms with Gasteiger partial charge in [0.1, 0.15) is 6.04 Å². The number of carbonyl (C=O) groups is 3. The maximum absolute atomic E-state index is 15.1. The van der Waals surface area contributed by atoms with Crippen LogP contribution in [0.5, 0.6) is 28.7 Å². The first kappa shape index (κ1) is 36.4. The maximum Gasteiger partial charge on any atom is 0.251 e. The third kappa shape index (κ3) is 9.01. The molecule has 6 rings (SSSR count). The Morgan fingerprint density at radius 2 is 1.64 bits per heavy atom. The van der Waals surface area contributed by atoms with Crippen molar-refractivity contribution in [3.8, 4) is 28.7 Å². The fourth-order valence-corrected chi connectivity index (χ4v) is 7.00. The number of hydrogen-bond donors (Lipinski definition) is 3. The number of methoxy groups -OCH3 is 1. The number of hydrogen-bond acceptors (Lipinski definition) is 9. The van der Waals surface area contributed by atoms with Crippen LogP contribution in [-0.2, 0) is 26.2 Å². The lowest BCUT2D eigenvalue weighted by Crippen LogP contribution is -2.46. The molecule has 3 aromatic carbocycles. The molecule has 0 unspecified atom stereocenters. The van der Waals surface area contributed by atoms with Crippen LogP contribution in [0.1, 0.15) is 54.9 Å². The zero-order chi connectivity index (χ0) is 35.7. The van der Waals surface area contributed by atoms with E-state index in [9.17, 15) is 22.8 Å². The molecule has 0 spiro atoms. The van der Waals surface area contributed by atoms with E-state index in [1.165, 1.54) is 53.9 Å². The molecule has 0 saturated carbocycles. The van der Waals surface area contributed by atoms with Crippen molar-refractivity contribution >= 4 is 27.7 Å². The van der Waals surface area contributed by atoms with Crippen molar-refractivity contribution in [2.75, 3.05) is 40.0 Å². The van der Waals surface area contributed by atoms with Crippen molar-refractivity contribution < 1.29 is 46.1 Å². The first-order valence-corrected chi connectivity index (χ1v) is 17.9. The monoisotopic (exact) mass is 712 g/mol. The Balaban J connectivity index is 1.39. The average molecular weight is 713 g/mol. The van der Waals surface area contributed by atoms with Crippen molar-refractivity contribution in [3.63, 3.8) is 0 Å². The zero-order valence-electron chi connectivity index (χ0n) is 28.0. The van der Waals surface area contributed by atoms with Gasteiger partial charge in [-0.15, -0.1) is 0 Å². The maximum atomic E-state index is 15.1. The lowest BCUT2D eigenvalue weighted by atomic mass is 10.1. The third-order valence-electron chi connectivity index (χ3n) is 8.21. The Hall–Kier alpha value is -4.89. The van der Waals surface area contributed by atoms with E-state index in [2.05, 4.69) is 16.0 Å². The van der Waals surface area contributed by atoms with E-state index in [0.29, 0.717) is 43.1 Å². The SMILES string of the molecule is CC[C@@H]1NC(=O)CCCN(S(=O)(=O)c2ccc3c(c2)OCCCO3)CCCNC(=O)c2ccc(OC)c(c2)Oc2ccc(cc2F)CNC1=O. The van der Waals surface area contributed by atoms with Crippen LogP contribution in [0.15, 0.2) is 59.5 Å². The quantitative estimate of drug-likeness (QED) is 0.365. The predicted molar refractivity (Wildman–Crippen MR) is 181 cm³/mol. The van der Waals surface area contributed by atoms with Gasteiger partial charge in [0.05, 0.1) is 25.2 Å². The molecule has 0 aromatic heterocycles. The summed E-state index contributed by atoms with van der Waals surface area (Å²) in [6.45, 7) is 2.74. The molecular formula is C35H41FN4O9S. The molecule has 3 amide bonds. The number of nitrogens with one attached hydrogen (secondary N) is 3. The van der Waals surface area contributed by atoms with E-state index >= 15 is 4.39 Å². The van der Waals surface area contributed by atoms with Gasteiger partial charge in [-0.25, -0.2) is 12.8 Å². The fourth-order valence-electron chi connectivity index (χ4n) is 5.47. The Labute approximate surface area is 290 Å². The summed E-state index contributed by atoms with van der Waals surface area (Å²) in [6.07, 6.45) is 1.33. The fraction of sp³-hybridized carbons (Fsp3) is 0.400. The first-order chi connectivity index (χ1) is 24.1. The number of fused-ring (bicyclic) bond motifs is 17. The minimum Gasteiger partial charge on any atom is -0.493 e. The van der Waals surface area contributed by atoms with Gasteiger partial charge in [-0.05, 0) is 67.3 Å². The number of nitrogens with zero attached hydrogens (tertiary/aromatic N) is 1. The summed E-state index contributed by atoms with van der Waals surface area (Å²) >= 11 is 0. The molecule has 0 fully saturated rings. The van der Waals surface area contributed by atoms with Crippen molar-refractivity contribution in [1.82, 2.24) is 20.3 Å². The van der Waals surface area contributed by atoms with Crippen LogP contribution in [0.25, 0.3) is 0 Å². The molecule has 3 aliphatic heterocycles. The topological polar surface area (TPSA) is 162 Å². The lowest BCUT2D eigenvalue weighted by Gasteiger charge is -2.23. The summed E-state index contributed by atoms with van der Waals surface area (Å²) < 4.78 is 66.7. The van der Waals surface area contributed by atoms with Gasteiger partial charge in [-0.2, -0.15) is 4.31 Å². The largest absolute Gasteiger partial charge is 0.493 e. The molecule has 3 aromatic rings. The summed E-state index contributed by atoms with van der Waals surface area (Å²) in [5.41, 5.74) is 0.671. The van der Waals surface area contributed by atoms with Crippen molar-refractivity contribution in [3.05, 3.63) is 71.5 Å². The van der Waals surface area contributed by atoms with Gasteiger partial charge in [0.15, 0.2) is 34.6 Å². The molecule has 13 nitrogen and oxygen atoms in total. The highest BCUT2D eigenvalue weighted by molar-refractivity contribution is 7.89. The second-order valence-corrected chi connectivity index (χ2v) is 13.7. The van der Waals surface area contributed by atoms with Crippen LogP contribution in [0.3, 0.4) is 0 Å².